The number of hydrazine groups is 1. The van der Waals surface area contributed by atoms with Gasteiger partial charge in [0, 0.05) is 0 Å². The van der Waals surface area contributed by atoms with E-state index in [2.05, 4.69) is 36.3 Å². The maximum atomic E-state index is 5.39. The van der Waals surface area contributed by atoms with Crippen LogP contribution in [-0.4, -0.2) is 19.5 Å². The van der Waals surface area contributed by atoms with E-state index in [1.165, 1.54) is 6.33 Å². The summed E-state index contributed by atoms with van der Waals surface area (Å²) < 4.78 is 2.57. The van der Waals surface area contributed by atoms with E-state index in [9.17, 15) is 0 Å². The minimum Gasteiger partial charge on any atom is -0.307 e. The third kappa shape index (κ3) is 1.64. The molecule has 90 valence electrons. The second kappa shape index (κ2) is 4.35. The van der Waals surface area contributed by atoms with Crippen LogP contribution in [-0.2, 0) is 0 Å². The Bertz CT molecular complexity index is 708. The van der Waals surface area contributed by atoms with Crippen LogP contribution in [0.5, 0.6) is 0 Å². The number of para-hydroxylation sites is 2. The van der Waals surface area contributed by atoms with Crippen molar-refractivity contribution in [1.82, 2.24) is 19.5 Å². The van der Waals surface area contributed by atoms with Crippen molar-refractivity contribution in [3.63, 3.8) is 0 Å². The van der Waals surface area contributed by atoms with Crippen LogP contribution in [0.15, 0.2) is 41.4 Å². The van der Waals surface area contributed by atoms with Crippen molar-refractivity contribution in [2.45, 2.75) is 0 Å². The first-order valence-corrected chi connectivity index (χ1v) is 6.00. The van der Waals surface area contributed by atoms with Crippen LogP contribution in [0.4, 0.5) is 5.82 Å². The number of hydrogen-bond acceptors (Lipinski definition) is 5. The SMILES string of the molecule is NNc1ncnc(-n2cnc3ccccc32)c1Br. The van der Waals surface area contributed by atoms with E-state index in [-0.39, 0.29) is 0 Å². The first kappa shape index (κ1) is 11.1. The largest absolute Gasteiger partial charge is 0.307 e. The molecule has 0 bridgehead atoms. The predicted octanol–water partition coefficient (Wildman–Crippen LogP) is 1.86. The molecule has 0 spiro atoms. The van der Waals surface area contributed by atoms with E-state index in [1.807, 2.05) is 28.8 Å². The summed E-state index contributed by atoms with van der Waals surface area (Å²) >= 11 is 3.43. The zero-order chi connectivity index (χ0) is 12.5. The highest BCUT2D eigenvalue weighted by Gasteiger charge is 2.12. The summed E-state index contributed by atoms with van der Waals surface area (Å²) in [7, 11) is 0. The number of imidazole rings is 1. The van der Waals surface area contributed by atoms with Crippen molar-refractivity contribution >= 4 is 32.8 Å². The molecule has 3 rings (SSSR count). The molecule has 0 aliphatic rings. The van der Waals surface area contributed by atoms with E-state index in [0.29, 0.717) is 16.1 Å². The Balaban J connectivity index is 2.26. The first-order valence-electron chi connectivity index (χ1n) is 5.21. The number of rotatable bonds is 2. The van der Waals surface area contributed by atoms with Gasteiger partial charge in [-0.25, -0.2) is 20.8 Å². The van der Waals surface area contributed by atoms with Gasteiger partial charge in [0.05, 0.1) is 11.0 Å². The van der Waals surface area contributed by atoms with Crippen LogP contribution in [0, 0.1) is 0 Å². The second-order valence-corrected chi connectivity index (χ2v) is 4.40. The molecule has 0 aliphatic heterocycles. The number of benzene rings is 1. The van der Waals surface area contributed by atoms with E-state index in [4.69, 9.17) is 5.84 Å². The van der Waals surface area contributed by atoms with Crippen molar-refractivity contribution in [3.05, 3.63) is 41.4 Å². The van der Waals surface area contributed by atoms with E-state index < -0.39 is 0 Å². The summed E-state index contributed by atoms with van der Waals surface area (Å²) in [5.74, 6) is 6.60. The van der Waals surface area contributed by atoms with E-state index in [0.717, 1.165) is 11.0 Å². The highest BCUT2D eigenvalue weighted by molar-refractivity contribution is 9.10. The molecular weight excluding hydrogens is 296 g/mol. The molecule has 1 aromatic carbocycles. The number of hydrogen-bond donors (Lipinski definition) is 2. The van der Waals surface area contributed by atoms with Crippen LogP contribution in [0.25, 0.3) is 16.9 Å². The van der Waals surface area contributed by atoms with Gasteiger partial charge in [-0.1, -0.05) is 12.1 Å². The summed E-state index contributed by atoms with van der Waals surface area (Å²) in [5.41, 5.74) is 4.39. The molecule has 3 aromatic rings. The van der Waals surface area contributed by atoms with Crippen LogP contribution in [0.1, 0.15) is 0 Å². The Morgan fingerprint density at radius 3 is 2.83 bits per heavy atom. The number of nitrogens with zero attached hydrogens (tertiary/aromatic N) is 4. The van der Waals surface area contributed by atoms with Gasteiger partial charge in [-0.3, -0.25) is 4.57 Å². The molecule has 2 aromatic heterocycles. The first-order chi connectivity index (χ1) is 8.81. The van der Waals surface area contributed by atoms with Gasteiger partial charge in [0.2, 0.25) is 0 Å². The van der Waals surface area contributed by atoms with Crippen LogP contribution in [0.3, 0.4) is 0 Å². The van der Waals surface area contributed by atoms with E-state index in [1.54, 1.807) is 6.33 Å². The number of nitrogens with two attached hydrogens (primary N) is 1. The molecule has 0 saturated heterocycles. The molecule has 0 fully saturated rings. The lowest BCUT2D eigenvalue weighted by Gasteiger charge is -2.08. The van der Waals surface area contributed by atoms with Gasteiger partial charge < -0.3 is 5.43 Å². The maximum Gasteiger partial charge on any atom is 0.159 e. The quantitative estimate of drug-likeness (QED) is 0.558. The summed E-state index contributed by atoms with van der Waals surface area (Å²) in [5, 5.41) is 0. The number of fused-ring (bicyclic) bond motifs is 1. The Labute approximate surface area is 111 Å². The molecule has 0 atom stereocenters. The maximum absolute atomic E-state index is 5.39. The minimum atomic E-state index is 0.526. The molecule has 0 saturated carbocycles. The molecule has 0 amide bonds. The lowest BCUT2D eigenvalue weighted by atomic mass is 10.3. The Morgan fingerprint density at radius 2 is 2.00 bits per heavy atom. The van der Waals surface area contributed by atoms with Crippen molar-refractivity contribution in [1.29, 1.82) is 0 Å². The number of nitrogen functional groups attached to an aromatic ring is 1. The monoisotopic (exact) mass is 304 g/mol. The predicted molar refractivity (Wildman–Crippen MR) is 72.2 cm³/mol. The standard InChI is InChI=1S/C11H9BrN6/c12-9-10(17-13)14-5-15-11(9)18-6-16-7-3-1-2-4-8(7)18/h1-6H,13H2,(H,14,15,17). The minimum absolute atomic E-state index is 0.526. The molecule has 3 N–H and O–H groups in total. The third-order valence-electron chi connectivity index (χ3n) is 2.59. The fraction of sp³-hybridized carbons (Fsp3) is 0. The summed E-state index contributed by atoms with van der Waals surface area (Å²) in [6.07, 6.45) is 3.17. The molecule has 0 unspecified atom stereocenters. The molecule has 18 heavy (non-hydrogen) atoms. The van der Waals surface area contributed by atoms with Crippen molar-refractivity contribution in [2.75, 3.05) is 5.43 Å². The van der Waals surface area contributed by atoms with Crippen molar-refractivity contribution < 1.29 is 0 Å². The number of nitrogens with one attached hydrogen (secondary N) is 1. The normalized spacial score (nSPS) is 10.8. The van der Waals surface area contributed by atoms with Gasteiger partial charge in [-0.2, -0.15) is 0 Å². The van der Waals surface area contributed by atoms with Gasteiger partial charge in [-0.15, -0.1) is 0 Å². The van der Waals surface area contributed by atoms with Gasteiger partial charge in [0.25, 0.3) is 0 Å². The third-order valence-corrected chi connectivity index (χ3v) is 3.32. The number of halogens is 1. The van der Waals surface area contributed by atoms with Crippen LogP contribution >= 0.6 is 15.9 Å². The second-order valence-electron chi connectivity index (χ2n) is 3.61. The zero-order valence-corrected chi connectivity index (χ0v) is 10.8. The Kier molecular flexibility index (Phi) is 2.69. The Hall–Kier alpha value is -1.99. The van der Waals surface area contributed by atoms with Crippen molar-refractivity contribution in [3.8, 4) is 5.82 Å². The molecule has 0 radical (unpaired) electrons. The van der Waals surface area contributed by atoms with Gasteiger partial charge >= 0.3 is 0 Å². The topological polar surface area (TPSA) is 81.6 Å². The van der Waals surface area contributed by atoms with E-state index >= 15 is 0 Å². The lowest BCUT2D eigenvalue weighted by Crippen LogP contribution is -2.11. The molecule has 2 heterocycles. The fourth-order valence-corrected chi connectivity index (χ4v) is 2.27. The van der Waals surface area contributed by atoms with Gasteiger partial charge in [-0.05, 0) is 28.1 Å². The average molecular weight is 305 g/mol. The molecule has 0 aliphatic carbocycles. The smallest absolute Gasteiger partial charge is 0.159 e. The summed E-state index contributed by atoms with van der Waals surface area (Å²) in [4.78, 5) is 12.6. The summed E-state index contributed by atoms with van der Waals surface area (Å²) in [6.45, 7) is 0. The molecule has 6 nitrogen and oxygen atoms in total. The molecular formula is C11H9BrN6. The van der Waals surface area contributed by atoms with Crippen LogP contribution < -0.4 is 11.3 Å². The van der Waals surface area contributed by atoms with Gasteiger partial charge in [0.15, 0.2) is 11.6 Å². The number of aromatic nitrogens is 4. The number of anilines is 1. The van der Waals surface area contributed by atoms with Crippen molar-refractivity contribution in [2.24, 2.45) is 5.84 Å². The van der Waals surface area contributed by atoms with Gasteiger partial charge in [0.1, 0.15) is 17.1 Å². The molecule has 7 heteroatoms. The average Bonchev–Trinajstić information content (AvgIpc) is 2.83. The highest BCUT2D eigenvalue weighted by atomic mass is 79.9. The lowest BCUT2D eigenvalue weighted by molar-refractivity contribution is 0.981. The Morgan fingerprint density at radius 1 is 1.17 bits per heavy atom. The zero-order valence-electron chi connectivity index (χ0n) is 9.21. The fourth-order valence-electron chi connectivity index (χ4n) is 1.76. The highest BCUT2D eigenvalue weighted by Crippen LogP contribution is 2.27. The summed E-state index contributed by atoms with van der Waals surface area (Å²) in [6, 6.07) is 7.83. The van der Waals surface area contributed by atoms with Crippen LogP contribution in [0.2, 0.25) is 0 Å².